The van der Waals surface area contributed by atoms with Crippen molar-refractivity contribution in [1.29, 1.82) is 0 Å². The highest BCUT2D eigenvalue weighted by Gasteiger charge is 2.43. The van der Waals surface area contributed by atoms with Gasteiger partial charge in [-0.2, -0.15) is 4.99 Å². The van der Waals surface area contributed by atoms with Crippen molar-refractivity contribution in [3.8, 4) is 0 Å². The molecule has 0 amide bonds. The molecule has 1 unspecified atom stereocenters. The fourth-order valence-corrected chi connectivity index (χ4v) is 1.24. The summed E-state index contributed by atoms with van der Waals surface area (Å²) in [5.41, 5.74) is 0. The molecule has 4 N–H and O–H groups in total. The summed E-state index contributed by atoms with van der Waals surface area (Å²) in [4.78, 5) is 13.0. The molecule has 7 heteroatoms. The highest BCUT2D eigenvalue weighted by molar-refractivity contribution is 5.33. The van der Waals surface area contributed by atoms with Gasteiger partial charge in [0, 0.05) is 0 Å². The lowest BCUT2D eigenvalue weighted by Gasteiger charge is -2.37. The van der Waals surface area contributed by atoms with E-state index in [1.165, 1.54) is 0 Å². The second-order valence-corrected chi connectivity index (χ2v) is 2.94. The van der Waals surface area contributed by atoms with Crippen LogP contribution in [0.2, 0.25) is 0 Å². The molecule has 0 bridgehead atoms. The Morgan fingerprint density at radius 3 is 2.36 bits per heavy atom. The zero-order valence-electron chi connectivity index (χ0n) is 7.15. The SMILES string of the molecule is O=C=NC1O[C@H](CO)[C@@H](O)[C@H](O)[C@H]1O. The van der Waals surface area contributed by atoms with Crippen molar-refractivity contribution < 1.29 is 30.0 Å². The highest BCUT2D eigenvalue weighted by Crippen LogP contribution is 2.21. The summed E-state index contributed by atoms with van der Waals surface area (Å²) in [6.45, 7) is -0.546. The van der Waals surface area contributed by atoms with Crippen molar-refractivity contribution in [3.63, 3.8) is 0 Å². The van der Waals surface area contributed by atoms with Crippen LogP contribution >= 0.6 is 0 Å². The highest BCUT2D eigenvalue weighted by atomic mass is 16.6. The minimum Gasteiger partial charge on any atom is -0.394 e. The van der Waals surface area contributed by atoms with Crippen molar-refractivity contribution >= 4 is 6.08 Å². The van der Waals surface area contributed by atoms with Gasteiger partial charge in [0.1, 0.15) is 24.4 Å². The number of nitrogens with zero attached hydrogens (tertiary/aromatic N) is 1. The van der Waals surface area contributed by atoms with Crippen LogP contribution < -0.4 is 0 Å². The zero-order valence-corrected chi connectivity index (χ0v) is 7.15. The molecular weight excluding hydrogens is 194 g/mol. The smallest absolute Gasteiger partial charge is 0.237 e. The van der Waals surface area contributed by atoms with Gasteiger partial charge in [-0.3, -0.25) is 0 Å². The summed E-state index contributed by atoms with van der Waals surface area (Å²) < 4.78 is 4.83. The van der Waals surface area contributed by atoms with E-state index in [1.54, 1.807) is 0 Å². The number of hydrogen-bond acceptors (Lipinski definition) is 7. The maximum atomic E-state index is 9.91. The number of aliphatic hydroxyl groups is 4. The van der Waals surface area contributed by atoms with Gasteiger partial charge in [0.05, 0.1) is 6.61 Å². The third kappa shape index (κ3) is 1.98. The standard InChI is InChI=1S/C7H11NO6/c9-1-3-4(11)5(12)6(13)7(14-3)8-2-10/h3-7,9,11-13H,1H2/t3-,4-,5+,6-,7?/m1/s1. The summed E-state index contributed by atoms with van der Waals surface area (Å²) in [5.74, 6) is 0. The van der Waals surface area contributed by atoms with E-state index in [-0.39, 0.29) is 0 Å². The third-order valence-corrected chi connectivity index (χ3v) is 2.05. The lowest BCUT2D eigenvalue weighted by molar-refractivity contribution is -0.226. The second kappa shape index (κ2) is 4.61. The van der Waals surface area contributed by atoms with Gasteiger partial charge >= 0.3 is 0 Å². The minimum absolute atomic E-state index is 0.546. The van der Waals surface area contributed by atoms with Crippen molar-refractivity contribution in [2.75, 3.05) is 6.61 Å². The Labute approximate surface area is 79.3 Å². The first-order valence-electron chi connectivity index (χ1n) is 3.99. The molecule has 0 aliphatic carbocycles. The molecule has 1 rings (SSSR count). The minimum atomic E-state index is -1.51. The molecule has 0 aromatic carbocycles. The summed E-state index contributed by atoms with van der Waals surface area (Å²) in [5, 5.41) is 36.5. The van der Waals surface area contributed by atoms with E-state index in [0.717, 1.165) is 6.08 Å². The van der Waals surface area contributed by atoms with Gasteiger partial charge < -0.3 is 25.2 Å². The Morgan fingerprint density at radius 1 is 1.21 bits per heavy atom. The molecule has 1 saturated heterocycles. The fraction of sp³-hybridized carbons (Fsp3) is 0.857. The first-order chi connectivity index (χ1) is 6.61. The van der Waals surface area contributed by atoms with E-state index in [0.29, 0.717) is 0 Å². The molecule has 1 heterocycles. The molecule has 80 valence electrons. The Balaban J connectivity index is 2.77. The quantitative estimate of drug-likeness (QED) is 0.284. The Hall–Kier alpha value is -0.820. The van der Waals surface area contributed by atoms with Gasteiger partial charge in [-0.05, 0) is 0 Å². The van der Waals surface area contributed by atoms with Crippen LogP contribution in [-0.2, 0) is 9.53 Å². The van der Waals surface area contributed by atoms with Crippen LogP contribution in [0.1, 0.15) is 0 Å². The largest absolute Gasteiger partial charge is 0.394 e. The molecule has 1 aliphatic rings. The molecule has 0 aromatic rings. The lowest BCUT2D eigenvalue weighted by Crippen LogP contribution is -2.57. The lowest BCUT2D eigenvalue weighted by atomic mass is 9.99. The number of isocyanates is 1. The Kier molecular flexibility index (Phi) is 3.70. The number of carbonyl (C=O) groups excluding carboxylic acids is 1. The normalized spacial score (nSPS) is 43.0. The van der Waals surface area contributed by atoms with Crippen molar-refractivity contribution in [2.45, 2.75) is 30.6 Å². The second-order valence-electron chi connectivity index (χ2n) is 2.94. The van der Waals surface area contributed by atoms with Crippen molar-refractivity contribution in [1.82, 2.24) is 0 Å². The van der Waals surface area contributed by atoms with Gasteiger partial charge in [-0.25, -0.2) is 4.79 Å². The molecular formula is C7H11NO6. The van der Waals surface area contributed by atoms with E-state index >= 15 is 0 Å². The van der Waals surface area contributed by atoms with Crippen LogP contribution in [-0.4, -0.2) is 63.8 Å². The average Bonchev–Trinajstić information content (AvgIpc) is 2.19. The first-order valence-corrected chi connectivity index (χ1v) is 3.99. The van der Waals surface area contributed by atoms with Gasteiger partial charge in [0.15, 0.2) is 6.23 Å². The van der Waals surface area contributed by atoms with E-state index in [9.17, 15) is 20.1 Å². The van der Waals surface area contributed by atoms with Crippen molar-refractivity contribution in [2.24, 2.45) is 4.99 Å². The number of aliphatic imine (C=N–C) groups is 1. The number of rotatable bonds is 2. The van der Waals surface area contributed by atoms with Gasteiger partial charge in [0.2, 0.25) is 6.08 Å². The number of ether oxygens (including phenoxy) is 1. The van der Waals surface area contributed by atoms with Crippen LogP contribution in [0.3, 0.4) is 0 Å². The summed E-state index contributed by atoms with van der Waals surface area (Å²) in [6.07, 6.45) is -5.64. The summed E-state index contributed by atoms with van der Waals surface area (Å²) in [7, 11) is 0. The zero-order chi connectivity index (χ0) is 10.7. The maximum Gasteiger partial charge on any atom is 0.237 e. The monoisotopic (exact) mass is 205 g/mol. The number of hydrogen-bond donors (Lipinski definition) is 4. The van der Waals surface area contributed by atoms with Crippen LogP contribution in [0, 0.1) is 0 Å². The van der Waals surface area contributed by atoms with Gasteiger partial charge in [-0.1, -0.05) is 0 Å². The Morgan fingerprint density at radius 2 is 1.86 bits per heavy atom. The first kappa shape index (κ1) is 11.3. The topological polar surface area (TPSA) is 120 Å². The van der Waals surface area contributed by atoms with Gasteiger partial charge in [-0.15, -0.1) is 0 Å². The Bertz CT molecular complexity index is 238. The van der Waals surface area contributed by atoms with Crippen molar-refractivity contribution in [3.05, 3.63) is 0 Å². The van der Waals surface area contributed by atoms with E-state index in [1.807, 2.05) is 0 Å². The van der Waals surface area contributed by atoms with E-state index in [2.05, 4.69) is 4.99 Å². The van der Waals surface area contributed by atoms with Gasteiger partial charge in [0.25, 0.3) is 0 Å². The summed E-state index contributed by atoms with van der Waals surface area (Å²) >= 11 is 0. The number of aliphatic hydroxyl groups excluding tert-OH is 4. The molecule has 0 radical (unpaired) electrons. The predicted molar refractivity (Wildman–Crippen MR) is 41.9 cm³/mol. The van der Waals surface area contributed by atoms with Crippen LogP contribution in [0.5, 0.6) is 0 Å². The molecule has 14 heavy (non-hydrogen) atoms. The molecule has 1 aliphatic heterocycles. The molecule has 0 saturated carbocycles. The molecule has 5 atom stereocenters. The molecule has 7 nitrogen and oxygen atoms in total. The molecule has 0 aromatic heterocycles. The maximum absolute atomic E-state index is 9.91. The van der Waals surface area contributed by atoms with Crippen LogP contribution in [0.4, 0.5) is 0 Å². The van der Waals surface area contributed by atoms with Crippen LogP contribution in [0.25, 0.3) is 0 Å². The molecule has 1 fully saturated rings. The molecule has 0 spiro atoms. The third-order valence-electron chi connectivity index (χ3n) is 2.05. The van der Waals surface area contributed by atoms with E-state index < -0.39 is 37.3 Å². The van der Waals surface area contributed by atoms with E-state index in [4.69, 9.17) is 9.84 Å². The fourth-order valence-electron chi connectivity index (χ4n) is 1.24. The van der Waals surface area contributed by atoms with Crippen LogP contribution in [0.15, 0.2) is 4.99 Å². The average molecular weight is 205 g/mol. The summed E-state index contributed by atoms with van der Waals surface area (Å²) in [6, 6.07) is 0. The predicted octanol–water partition coefficient (Wildman–Crippen LogP) is -2.88.